The molecule has 1 rings (SSSR count). The highest BCUT2D eigenvalue weighted by molar-refractivity contribution is 5.37. The molecule has 0 unspecified atom stereocenters. The van der Waals surface area contributed by atoms with Crippen molar-refractivity contribution in [2.45, 2.75) is 25.2 Å². The predicted octanol–water partition coefficient (Wildman–Crippen LogP) is 0.867. The average Bonchev–Trinajstić information content (AvgIpc) is 2.17. The highest BCUT2D eigenvalue weighted by atomic mass is 16.7. The molecule has 4 heteroatoms. The minimum atomic E-state index is -0.433. The summed E-state index contributed by atoms with van der Waals surface area (Å²) in [6.07, 6.45) is 2.62. The van der Waals surface area contributed by atoms with Crippen LogP contribution in [0.1, 0.15) is 12.8 Å². The average molecular weight is 186 g/mol. The summed E-state index contributed by atoms with van der Waals surface area (Å²) in [4.78, 5) is 10.1. The van der Waals surface area contributed by atoms with Gasteiger partial charge in [-0.2, -0.15) is 0 Å². The van der Waals surface area contributed by atoms with E-state index in [2.05, 4.69) is 6.58 Å². The van der Waals surface area contributed by atoms with E-state index in [9.17, 15) is 4.79 Å². The highest BCUT2D eigenvalue weighted by Crippen LogP contribution is 2.17. The Morgan fingerprint density at radius 1 is 1.62 bits per heavy atom. The molecule has 74 valence electrons. The van der Waals surface area contributed by atoms with E-state index in [1.807, 2.05) is 0 Å². The zero-order chi connectivity index (χ0) is 9.52. The lowest BCUT2D eigenvalue weighted by Gasteiger charge is -2.29. The zero-order valence-corrected chi connectivity index (χ0v) is 7.48. The Kier molecular flexibility index (Phi) is 4.49. The Morgan fingerprint density at radius 2 is 2.46 bits per heavy atom. The molecular weight excluding hydrogens is 172 g/mol. The summed E-state index contributed by atoms with van der Waals surface area (Å²) in [6.45, 7) is 5.02. The first-order chi connectivity index (χ1) is 6.38. The van der Waals surface area contributed by atoms with E-state index in [4.69, 9.17) is 14.2 Å². The van der Waals surface area contributed by atoms with Crippen molar-refractivity contribution in [3.8, 4) is 0 Å². The minimum absolute atomic E-state index is 0.272. The number of rotatable bonds is 5. The molecule has 2 atom stereocenters. The Labute approximate surface area is 77.5 Å². The third-order valence-corrected chi connectivity index (χ3v) is 1.83. The number of carbonyl (C=O) groups excluding carboxylic acids is 1. The molecule has 0 aromatic carbocycles. The van der Waals surface area contributed by atoms with Gasteiger partial charge in [0, 0.05) is 0 Å². The quantitative estimate of drug-likeness (QED) is 0.472. The van der Waals surface area contributed by atoms with E-state index in [0.717, 1.165) is 12.8 Å². The van der Waals surface area contributed by atoms with Gasteiger partial charge in [0.2, 0.25) is 0 Å². The maximum atomic E-state index is 10.1. The maximum Gasteiger partial charge on any atom is 0.293 e. The molecule has 0 N–H and O–H groups in total. The standard InChI is InChI=1S/C9H14O4/c1-2-5-11-9-8(13-7-10)4-3-6-12-9/h2,7-9H,1,3-6H2/t8-,9-/m1/s1. The fraction of sp³-hybridized carbons (Fsp3) is 0.667. The summed E-state index contributed by atoms with van der Waals surface area (Å²) in [7, 11) is 0. The molecular formula is C9H14O4. The lowest BCUT2D eigenvalue weighted by atomic mass is 10.1. The van der Waals surface area contributed by atoms with E-state index in [-0.39, 0.29) is 6.10 Å². The third kappa shape index (κ3) is 3.16. The van der Waals surface area contributed by atoms with Crippen LogP contribution in [0.2, 0.25) is 0 Å². The Balaban J connectivity index is 2.36. The van der Waals surface area contributed by atoms with Crippen LogP contribution in [0.25, 0.3) is 0 Å². The second kappa shape index (κ2) is 5.72. The third-order valence-electron chi connectivity index (χ3n) is 1.83. The Morgan fingerprint density at radius 3 is 3.15 bits per heavy atom. The summed E-state index contributed by atoms with van der Waals surface area (Å²) >= 11 is 0. The molecule has 0 aromatic rings. The number of hydrogen-bond acceptors (Lipinski definition) is 4. The van der Waals surface area contributed by atoms with Crippen molar-refractivity contribution in [3.63, 3.8) is 0 Å². The Hall–Kier alpha value is -0.870. The maximum absolute atomic E-state index is 10.1. The molecule has 0 aliphatic carbocycles. The highest BCUT2D eigenvalue weighted by Gasteiger charge is 2.27. The van der Waals surface area contributed by atoms with Crippen molar-refractivity contribution in [2.24, 2.45) is 0 Å². The normalized spacial score (nSPS) is 28.0. The van der Waals surface area contributed by atoms with Gasteiger partial charge in [0.05, 0.1) is 13.2 Å². The van der Waals surface area contributed by atoms with Gasteiger partial charge in [-0.1, -0.05) is 6.08 Å². The molecule has 1 saturated heterocycles. The number of carbonyl (C=O) groups is 1. The number of hydrogen-bond donors (Lipinski definition) is 0. The van der Waals surface area contributed by atoms with Gasteiger partial charge in [0.25, 0.3) is 6.47 Å². The predicted molar refractivity (Wildman–Crippen MR) is 46.1 cm³/mol. The molecule has 0 aromatic heterocycles. The smallest absolute Gasteiger partial charge is 0.293 e. The van der Waals surface area contributed by atoms with Crippen LogP contribution in [0.15, 0.2) is 12.7 Å². The van der Waals surface area contributed by atoms with Gasteiger partial charge >= 0.3 is 0 Å². The molecule has 13 heavy (non-hydrogen) atoms. The van der Waals surface area contributed by atoms with E-state index in [0.29, 0.717) is 19.7 Å². The molecule has 1 fully saturated rings. The van der Waals surface area contributed by atoms with Gasteiger partial charge in [-0.25, -0.2) is 0 Å². The SMILES string of the molecule is C=CCO[C@@H]1OCCC[C@H]1OC=O. The van der Waals surface area contributed by atoms with Crippen LogP contribution in [0, 0.1) is 0 Å². The largest absolute Gasteiger partial charge is 0.459 e. The fourth-order valence-corrected chi connectivity index (χ4v) is 1.25. The monoisotopic (exact) mass is 186 g/mol. The van der Waals surface area contributed by atoms with Crippen LogP contribution in [0.4, 0.5) is 0 Å². The van der Waals surface area contributed by atoms with Crippen molar-refractivity contribution in [1.29, 1.82) is 0 Å². The van der Waals surface area contributed by atoms with Gasteiger partial charge in [-0.05, 0) is 12.8 Å². The first kappa shape index (κ1) is 10.2. The van der Waals surface area contributed by atoms with Crippen molar-refractivity contribution in [1.82, 2.24) is 0 Å². The molecule has 0 saturated carbocycles. The summed E-state index contributed by atoms with van der Waals surface area (Å²) in [5.41, 5.74) is 0. The summed E-state index contributed by atoms with van der Waals surface area (Å²) in [6, 6.07) is 0. The van der Waals surface area contributed by atoms with Crippen LogP contribution in [-0.2, 0) is 19.0 Å². The summed E-state index contributed by atoms with van der Waals surface area (Å²) < 4.78 is 15.4. The van der Waals surface area contributed by atoms with Gasteiger partial charge < -0.3 is 14.2 Å². The van der Waals surface area contributed by atoms with Crippen molar-refractivity contribution in [2.75, 3.05) is 13.2 Å². The van der Waals surface area contributed by atoms with Crippen LogP contribution in [-0.4, -0.2) is 32.1 Å². The lowest BCUT2D eigenvalue weighted by Crippen LogP contribution is -2.38. The van der Waals surface area contributed by atoms with E-state index in [1.165, 1.54) is 0 Å². The summed E-state index contributed by atoms with van der Waals surface area (Å²) in [5, 5.41) is 0. The van der Waals surface area contributed by atoms with Crippen LogP contribution < -0.4 is 0 Å². The van der Waals surface area contributed by atoms with Gasteiger partial charge in [-0.3, -0.25) is 4.79 Å². The number of ether oxygens (including phenoxy) is 3. The van der Waals surface area contributed by atoms with Crippen molar-refractivity contribution < 1.29 is 19.0 Å². The molecule has 1 heterocycles. The minimum Gasteiger partial charge on any atom is -0.459 e. The van der Waals surface area contributed by atoms with E-state index >= 15 is 0 Å². The first-order valence-electron chi connectivity index (χ1n) is 4.31. The zero-order valence-electron chi connectivity index (χ0n) is 7.48. The van der Waals surface area contributed by atoms with Gasteiger partial charge in [-0.15, -0.1) is 6.58 Å². The molecule has 0 spiro atoms. The molecule has 1 aliphatic heterocycles. The van der Waals surface area contributed by atoms with Crippen molar-refractivity contribution >= 4 is 6.47 Å². The molecule has 0 amide bonds. The fourth-order valence-electron chi connectivity index (χ4n) is 1.25. The van der Waals surface area contributed by atoms with Crippen LogP contribution in [0.5, 0.6) is 0 Å². The van der Waals surface area contributed by atoms with E-state index in [1.54, 1.807) is 6.08 Å². The second-order valence-corrected chi connectivity index (χ2v) is 2.77. The molecule has 4 nitrogen and oxygen atoms in total. The lowest BCUT2D eigenvalue weighted by molar-refractivity contribution is -0.217. The van der Waals surface area contributed by atoms with Crippen molar-refractivity contribution in [3.05, 3.63) is 12.7 Å². The topological polar surface area (TPSA) is 44.8 Å². The summed E-state index contributed by atoms with van der Waals surface area (Å²) in [5.74, 6) is 0. The Bertz CT molecular complexity index is 169. The molecule has 1 aliphatic rings. The second-order valence-electron chi connectivity index (χ2n) is 2.77. The van der Waals surface area contributed by atoms with Crippen LogP contribution in [0.3, 0.4) is 0 Å². The van der Waals surface area contributed by atoms with E-state index < -0.39 is 6.29 Å². The van der Waals surface area contributed by atoms with Crippen LogP contribution >= 0.6 is 0 Å². The van der Waals surface area contributed by atoms with Gasteiger partial charge in [0.15, 0.2) is 12.4 Å². The molecule has 0 bridgehead atoms. The first-order valence-corrected chi connectivity index (χ1v) is 4.31. The molecule has 0 radical (unpaired) electrons. The van der Waals surface area contributed by atoms with Gasteiger partial charge in [0.1, 0.15) is 0 Å².